The second-order valence-corrected chi connectivity index (χ2v) is 3.82. The van der Waals surface area contributed by atoms with E-state index in [4.69, 9.17) is 20.4 Å². The van der Waals surface area contributed by atoms with Gasteiger partial charge in [-0.05, 0) is 18.9 Å². The summed E-state index contributed by atoms with van der Waals surface area (Å²) in [4.78, 5) is 0. The van der Waals surface area contributed by atoms with Crippen molar-refractivity contribution in [2.45, 2.75) is 51.9 Å². The van der Waals surface area contributed by atoms with E-state index in [0.717, 1.165) is 12.8 Å². The maximum Gasteiger partial charge on any atom is 0.322 e. The lowest BCUT2D eigenvalue weighted by molar-refractivity contribution is 0.152. The summed E-state index contributed by atoms with van der Waals surface area (Å²) in [5, 5.41) is 35.0. The number of rotatable bonds is 8. The molecule has 0 radical (unpaired) electrons. The summed E-state index contributed by atoms with van der Waals surface area (Å²) < 4.78 is 0. The highest BCUT2D eigenvalue weighted by Gasteiger charge is 2.06. The van der Waals surface area contributed by atoms with E-state index in [1.807, 2.05) is 0 Å². The third-order valence-electron chi connectivity index (χ3n) is 2.35. The molecular weight excluding hydrogens is 208 g/mol. The summed E-state index contributed by atoms with van der Waals surface area (Å²) in [5.41, 5.74) is 0. The first-order valence-electron chi connectivity index (χ1n) is 5.80. The van der Waals surface area contributed by atoms with Gasteiger partial charge in [-0.25, -0.2) is 0 Å². The van der Waals surface area contributed by atoms with Gasteiger partial charge in [-0.1, -0.05) is 39.0 Å². The normalized spacial score (nSPS) is 11.4. The Morgan fingerprint density at radius 3 is 2.00 bits per heavy atom. The molecule has 0 heterocycles. The average molecular weight is 230 g/mol. The van der Waals surface area contributed by atoms with Crippen molar-refractivity contribution in [1.29, 1.82) is 0 Å². The highest BCUT2D eigenvalue weighted by molar-refractivity contribution is 5.17. The van der Waals surface area contributed by atoms with Crippen molar-refractivity contribution in [2.75, 3.05) is 0 Å². The standard InChI is InChI=1S/C12H22O4/c1-2-3-4-5-6-7-8-9-10(13)11(14)12(15)16/h9,13-16H,2-8H2,1H3. The highest BCUT2D eigenvalue weighted by Crippen LogP contribution is 2.10. The zero-order valence-corrected chi connectivity index (χ0v) is 9.82. The fourth-order valence-electron chi connectivity index (χ4n) is 1.37. The summed E-state index contributed by atoms with van der Waals surface area (Å²) >= 11 is 0. The van der Waals surface area contributed by atoms with Crippen LogP contribution in [0.1, 0.15) is 51.9 Å². The van der Waals surface area contributed by atoms with Crippen molar-refractivity contribution in [3.8, 4) is 0 Å². The van der Waals surface area contributed by atoms with Crippen LogP contribution in [0.2, 0.25) is 0 Å². The van der Waals surface area contributed by atoms with Crippen molar-refractivity contribution in [1.82, 2.24) is 0 Å². The first-order chi connectivity index (χ1) is 7.59. The Hall–Kier alpha value is -1.32. The topological polar surface area (TPSA) is 80.9 Å². The largest absolute Gasteiger partial charge is 0.504 e. The van der Waals surface area contributed by atoms with Crippen LogP contribution >= 0.6 is 0 Å². The van der Waals surface area contributed by atoms with E-state index in [1.165, 1.54) is 31.8 Å². The molecule has 0 fully saturated rings. The predicted molar refractivity (Wildman–Crippen MR) is 63.6 cm³/mol. The van der Waals surface area contributed by atoms with E-state index in [0.29, 0.717) is 6.42 Å². The molecule has 4 N–H and O–H groups in total. The molecule has 94 valence electrons. The van der Waals surface area contributed by atoms with Crippen molar-refractivity contribution >= 4 is 0 Å². The molecule has 0 aliphatic carbocycles. The molecule has 0 saturated heterocycles. The number of aliphatic hydroxyl groups is 4. The number of allylic oxidation sites excluding steroid dienone is 1. The molecule has 0 aliphatic heterocycles. The van der Waals surface area contributed by atoms with Crippen molar-refractivity contribution in [2.24, 2.45) is 0 Å². The first kappa shape index (κ1) is 14.7. The van der Waals surface area contributed by atoms with Gasteiger partial charge in [-0.15, -0.1) is 0 Å². The molecule has 0 saturated carbocycles. The van der Waals surface area contributed by atoms with Crippen LogP contribution in [0, 0.1) is 0 Å². The fourth-order valence-corrected chi connectivity index (χ4v) is 1.37. The maximum atomic E-state index is 9.16. The maximum absolute atomic E-state index is 9.16. The van der Waals surface area contributed by atoms with Crippen LogP contribution in [0.5, 0.6) is 0 Å². The zero-order chi connectivity index (χ0) is 12.4. The zero-order valence-electron chi connectivity index (χ0n) is 9.82. The molecule has 16 heavy (non-hydrogen) atoms. The Balaban J connectivity index is 3.64. The molecule has 0 aromatic carbocycles. The molecule has 4 nitrogen and oxygen atoms in total. The second-order valence-electron chi connectivity index (χ2n) is 3.82. The van der Waals surface area contributed by atoms with Gasteiger partial charge in [-0.2, -0.15) is 0 Å². The lowest BCUT2D eigenvalue weighted by Gasteiger charge is -2.00. The summed E-state index contributed by atoms with van der Waals surface area (Å²) in [6, 6.07) is 0. The lowest BCUT2D eigenvalue weighted by atomic mass is 10.1. The van der Waals surface area contributed by atoms with Gasteiger partial charge >= 0.3 is 5.95 Å². The van der Waals surface area contributed by atoms with Crippen LogP contribution in [0.3, 0.4) is 0 Å². The number of aliphatic hydroxyl groups excluding tert-OH is 3. The quantitative estimate of drug-likeness (QED) is 0.288. The van der Waals surface area contributed by atoms with Crippen LogP contribution in [-0.4, -0.2) is 20.4 Å². The molecule has 0 atom stereocenters. The summed E-state index contributed by atoms with van der Waals surface area (Å²) in [7, 11) is 0. The van der Waals surface area contributed by atoms with Gasteiger partial charge < -0.3 is 20.4 Å². The van der Waals surface area contributed by atoms with E-state index in [1.54, 1.807) is 0 Å². The lowest BCUT2D eigenvalue weighted by Crippen LogP contribution is -1.93. The van der Waals surface area contributed by atoms with E-state index in [-0.39, 0.29) is 0 Å². The first-order valence-corrected chi connectivity index (χ1v) is 5.80. The van der Waals surface area contributed by atoms with E-state index >= 15 is 0 Å². The van der Waals surface area contributed by atoms with Crippen LogP contribution in [0.15, 0.2) is 23.5 Å². The van der Waals surface area contributed by atoms with E-state index in [2.05, 4.69) is 6.92 Å². The fraction of sp³-hybridized carbons (Fsp3) is 0.667. The van der Waals surface area contributed by atoms with Crippen LogP contribution < -0.4 is 0 Å². The van der Waals surface area contributed by atoms with Gasteiger partial charge in [0, 0.05) is 0 Å². The Labute approximate surface area is 96.6 Å². The van der Waals surface area contributed by atoms with E-state index in [9.17, 15) is 0 Å². The summed E-state index contributed by atoms with van der Waals surface area (Å²) in [6.07, 6.45) is 8.89. The van der Waals surface area contributed by atoms with Gasteiger partial charge in [0.2, 0.25) is 5.76 Å². The molecule has 4 heteroatoms. The molecule has 0 aliphatic rings. The minimum absolute atomic E-state index is 0.478. The number of unbranched alkanes of at least 4 members (excludes halogenated alkanes) is 6. The molecule has 0 aromatic rings. The monoisotopic (exact) mass is 230 g/mol. The molecule has 0 amide bonds. The molecule has 0 aromatic heterocycles. The van der Waals surface area contributed by atoms with Gasteiger partial charge in [0.15, 0.2) is 5.76 Å². The second kappa shape index (κ2) is 8.95. The van der Waals surface area contributed by atoms with Crippen LogP contribution in [0.25, 0.3) is 0 Å². The molecule has 0 spiro atoms. The molecule has 0 rings (SSSR count). The third kappa shape index (κ3) is 7.04. The summed E-state index contributed by atoms with van der Waals surface area (Å²) in [5.74, 6) is -2.60. The molecular formula is C12H22O4. The van der Waals surface area contributed by atoms with Crippen molar-refractivity contribution in [3.63, 3.8) is 0 Å². The van der Waals surface area contributed by atoms with Gasteiger partial charge in [0.25, 0.3) is 0 Å². The summed E-state index contributed by atoms with van der Waals surface area (Å²) in [6.45, 7) is 2.16. The Bertz CT molecular complexity index is 239. The smallest absolute Gasteiger partial charge is 0.322 e. The highest BCUT2D eigenvalue weighted by atomic mass is 16.5. The van der Waals surface area contributed by atoms with Gasteiger partial charge in [-0.3, -0.25) is 0 Å². The van der Waals surface area contributed by atoms with Crippen LogP contribution in [-0.2, 0) is 0 Å². The Morgan fingerprint density at radius 2 is 1.44 bits per heavy atom. The molecule has 0 unspecified atom stereocenters. The number of hydrogen-bond acceptors (Lipinski definition) is 4. The average Bonchev–Trinajstić information content (AvgIpc) is 2.26. The minimum atomic E-state index is -1.25. The SMILES string of the molecule is CCCCCCCCC=C(O)C(O)=C(O)O. The van der Waals surface area contributed by atoms with E-state index < -0.39 is 17.5 Å². The van der Waals surface area contributed by atoms with Crippen molar-refractivity contribution in [3.05, 3.63) is 23.5 Å². The Kier molecular flexibility index (Phi) is 8.21. The van der Waals surface area contributed by atoms with Crippen LogP contribution in [0.4, 0.5) is 0 Å². The van der Waals surface area contributed by atoms with Crippen molar-refractivity contribution < 1.29 is 20.4 Å². The predicted octanol–water partition coefficient (Wildman–Crippen LogP) is 4.02. The van der Waals surface area contributed by atoms with Gasteiger partial charge in [0.1, 0.15) is 0 Å². The third-order valence-corrected chi connectivity index (χ3v) is 2.35. The Morgan fingerprint density at radius 1 is 0.875 bits per heavy atom. The van der Waals surface area contributed by atoms with Gasteiger partial charge in [0.05, 0.1) is 0 Å². The minimum Gasteiger partial charge on any atom is -0.504 e. The number of hydrogen-bond donors (Lipinski definition) is 4. The molecule has 0 bridgehead atoms.